The summed E-state index contributed by atoms with van der Waals surface area (Å²) < 4.78 is 69.3. The average Bonchev–Trinajstić information content (AvgIpc) is 2.75. The van der Waals surface area contributed by atoms with Gasteiger partial charge in [0.15, 0.2) is 18.2 Å². The third-order valence-electron chi connectivity index (χ3n) is 4.84. The van der Waals surface area contributed by atoms with Gasteiger partial charge in [-0.1, -0.05) is 11.6 Å². The number of urea groups is 1. The number of ether oxygens (including phenoxy) is 1. The molecule has 1 aromatic heterocycles. The van der Waals surface area contributed by atoms with Crippen LogP contribution in [0.5, 0.6) is 5.88 Å². The SMILES string of the molecule is C[C@@H]1C(=O)NCCN1C(=O)N[C@@H](c1ccc(OCC(F)(F)F)nc1)c1cc(F)c(F)c(Cl)c1. The third-order valence-corrected chi connectivity index (χ3v) is 5.12. The van der Waals surface area contributed by atoms with Crippen molar-refractivity contribution in [3.63, 3.8) is 0 Å². The van der Waals surface area contributed by atoms with Gasteiger partial charge in [0.25, 0.3) is 0 Å². The molecule has 7 nitrogen and oxygen atoms in total. The second-order valence-corrected chi connectivity index (χ2v) is 7.58. The Morgan fingerprint density at radius 1 is 1.33 bits per heavy atom. The summed E-state index contributed by atoms with van der Waals surface area (Å²) in [6.45, 7) is 0.399. The standard InChI is InChI=1S/C20H18ClF5N4O3/c1-10-18(31)27-4-5-30(10)19(32)29-17(12-6-13(21)16(23)14(22)7-12)11-2-3-15(28-8-11)33-9-20(24,25)26/h2-3,6-8,10,17H,4-5,9H2,1H3,(H,27,31)(H,29,32)/t10-,17+/m1/s1. The minimum Gasteiger partial charge on any atom is -0.468 e. The second-order valence-electron chi connectivity index (χ2n) is 7.18. The fraction of sp³-hybridized carbons (Fsp3) is 0.350. The highest BCUT2D eigenvalue weighted by Gasteiger charge is 2.32. The topological polar surface area (TPSA) is 83.6 Å². The van der Waals surface area contributed by atoms with E-state index in [1.54, 1.807) is 0 Å². The molecule has 1 aromatic carbocycles. The molecule has 2 heterocycles. The Morgan fingerprint density at radius 3 is 2.67 bits per heavy atom. The molecule has 178 valence electrons. The van der Waals surface area contributed by atoms with E-state index in [-0.39, 0.29) is 36.0 Å². The van der Waals surface area contributed by atoms with Crippen LogP contribution in [0.25, 0.3) is 0 Å². The highest BCUT2D eigenvalue weighted by Crippen LogP contribution is 2.29. The van der Waals surface area contributed by atoms with Crippen molar-refractivity contribution in [1.82, 2.24) is 20.5 Å². The molecule has 0 bridgehead atoms. The number of rotatable bonds is 5. The number of amides is 3. The molecule has 2 atom stereocenters. The van der Waals surface area contributed by atoms with Gasteiger partial charge in [-0.05, 0) is 36.2 Å². The Kier molecular flexibility index (Phi) is 7.25. The summed E-state index contributed by atoms with van der Waals surface area (Å²) in [5.41, 5.74) is 0.269. The molecule has 0 unspecified atom stereocenters. The summed E-state index contributed by atoms with van der Waals surface area (Å²) in [4.78, 5) is 29.8. The molecule has 1 aliphatic heterocycles. The van der Waals surface area contributed by atoms with E-state index in [2.05, 4.69) is 20.4 Å². The van der Waals surface area contributed by atoms with E-state index >= 15 is 0 Å². The molecule has 2 aromatic rings. The fourth-order valence-corrected chi connectivity index (χ4v) is 3.39. The van der Waals surface area contributed by atoms with E-state index in [0.717, 1.165) is 24.4 Å². The number of alkyl halides is 3. The van der Waals surface area contributed by atoms with Gasteiger partial charge < -0.3 is 20.3 Å². The maximum absolute atomic E-state index is 14.0. The summed E-state index contributed by atoms with van der Waals surface area (Å²) in [6, 6.07) is 1.79. The van der Waals surface area contributed by atoms with Crippen molar-refractivity contribution >= 4 is 23.5 Å². The van der Waals surface area contributed by atoms with Gasteiger partial charge in [-0.2, -0.15) is 13.2 Å². The van der Waals surface area contributed by atoms with Crippen LogP contribution >= 0.6 is 11.6 Å². The van der Waals surface area contributed by atoms with Gasteiger partial charge in [0.05, 0.1) is 11.1 Å². The van der Waals surface area contributed by atoms with E-state index in [1.165, 1.54) is 17.9 Å². The zero-order valence-electron chi connectivity index (χ0n) is 17.0. The molecule has 0 saturated carbocycles. The first-order chi connectivity index (χ1) is 15.5. The average molecular weight is 493 g/mol. The van der Waals surface area contributed by atoms with Gasteiger partial charge in [-0.25, -0.2) is 18.6 Å². The minimum atomic E-state index is -4.56. The lowest BCUT2D eigenvalue weighted by Gasteiger charge is -2.34. The van der Waals surface area contributed by atoms with Crippen molar-refractivity contribution in [2.24, 2.45) is 0 Å². The largest absolute Gasteiger partial charge is 0.468 e. The molecule has 1 saturated heterocycles. The molecule has 13 heteroatoms. The zero-order valence-corrected chi connectivity index (χ0v) is 17.8. The first-order valence-electron chi connectivity index (χ1n) is 9.61. The third kappa shape index (κ3) is 6.01. The highest BCUT2D eigenvalue weighted by atomic mass is 35.5. The fourth-order valence-electron chi connectivity index (χ4n) is 3.17. The number of carbonyl (C=O) groups excluding carboxylic acids is 2. The number of benzene rings is 1. The van der Waals surface area contributed by atoms with Crippen LogP contribution in [0.4, 0.5) is 26.7 Å². The second kappa shape index (κ2) is 9.77. The number of carbonyl (C=O) groups is 2. The van der Waals surface area contributed by atoms with Crippen LogP contribution in [0.15, 0.2) is 30.5 Å². The van der Waals surface area contributed by atoms with E-state index in [1.807, 2.05) is 0 Å². The van der Waals surface area contributed by atoms with Crippen molar-refractivity contribution in [3.8, 4) is 5.88 Å². The van der Waals surface area contributed by atoms with Gasteiger partial charge in [0.2, 0.25) is 11.8 Å². The maximum Gasteiger partial charge on any atom is 0.422 e. The monoisotopic (exact) mass is 492 g/mol. The number of halogens is 6. The molecule has 0 spiro atoms. The molecular formula is C20H18ClF5N4O3. The molecule has 0 aliphatic carbocycles. The number of nitrogens with zero attached hydrogens (tertiary/aromatic N) is 2. The van der Waals surface area contributed by atoms with Crippen molar-refractivity contribution in [2.75, 3.05) is 19.7 Å². The van der Waals surface area contributed by atoms with Crippen molar-refractivity contribution in [3.05, 3.63) is 58.2 Å². The van der Waals surface area contributed by atoms with Crippen LogP contribution < -0.4 is 15.4 Å². The van der Waals surface area contributed by atoms with E-state index < -0.39 is 47.6 Å². The summed E-state index contributed by atoms with van der Waals surface area (Å²) in [6.07, 6.45) is -3.44. The highest BCUT2D eigenvalue weighted by molar-refractivity contribution is 6.30. The molecular weight excluding hydrogens is 475 g/mol. The Labute approximate surface area is 189 Å². The van der Waals surface area contributed by atoms with E-state index in [4.69, 9.17) is 11.6 Å². The molecule has 1 aliphatic rings. The van der Waals surface area contributed by atoms with Crippen LogP contribution in [0.1, 0.15) is 24.1 Å². The summed E-state index contributed by atoms with van der Waals surface area (Å²) in [7, 11) is 0. The number of piperazine rings is 1. The number of pyridine rings is 1. The number of aromatic nitrogens is 1. The lowest BCUT2D eigenvalue weighted by Crippen LogP contribution is -2.58. The first-order valence-corrected chi connectivity index (χ1v) is 9.99. The lowest BCUT2D eigenvalue weighted by molar-refractivity contribution is -0.154. The molecule has 1 fully saturated rings. The van der Waals surface area contributed by atoms with Crippen molar-refractivity contribution in [2.45, 2.75) is 25.2 Å². The molecule has 2 N–H and O–H groups in total. The van der Waals surface area contributed by atoms with Gasteiger partial charge in [0, 0.05) is 25.4 Å². The first kappa shape index (κ1) is 24.5. The molecule has 3 amide bonds. The van der Waals surface area contributed by atoms with Crippen LogP contribution in [0, 0.1) is 11.6 Å². The lowest BCUT2D eigenvalue weighted by atomic mass is 10.00. The predicted molar refractivity (Wildman–Crippen MR) is 107 cm³/mol. The molecule has 33 heavy (non-hydrogen) atoms. The van der Waals surface area contributed by atoms with Crippen LogP contribution in [-0.2, 0) is 4.79 Å². The quantitative estimate of drug-likeness (QED) is 0.494. The Morgan fingerprint density at radius 2 is 2.06 bits per heavy atom. The summed E-state index contributed by atoms with van der Waals surface area (Å²) >= 11 is 5.75. The van der Waals surface area contributed by atoms with Crippen molar-refractivity contribution < 1.29 is 36.3 Å². The smallest absolute Gasteiger partial charge is 0.422 e. The Bertz CT molecular complexity index is 1010. The zero-order chi connectivity index (χ0) is 24.3. The van der Waals surface area contributed by atoms with Crippen LogP contribution in [-0.4, -0.2) is 53.7 Å². The van der Waals surface area contributed by atoms with Gasteiger partial charge in [0.1, 0.15) is 6.04 Å². The normalized spacial score (nSPS) is 17.4. The van der Waals surface area contributed by atoms with Crippen molar-refractivity contribution in [1.29, 1.82) is 0 Å². The van der Waals surface area contributed by atoms with E-state index in [0.29, 0.717) is 0 Å². The van der Waals surface area contributed by atoms with E-state index in [9.17, 15) is 31.5 Å². The molecule has 0 radical (unpaired) electrons. The Balaban J connectivity index is 1.91. The minimum absolute atomic E-state index is 0.0483. The summed E-state index contributed by atoms with van der Waals surface area (Å²) in [5.74, 6) is -3.23. The summed E-state index contributed by atoms with van der Waals surface area (Å²) in [5, 5.41) is 4.69. The number of hydrogen-bond acceptors (Lipinski definition) is 4. The molecule has 3 rings (SSSR count). The number of hydrogen-bond donors (Lipinski definition) is 2. The Hall–Kier alpha value is -3.15. The van der Waals surface area contributed by atoms with Gasteiger partial charge in [-0.3, -0.25) is 4.79 Å². The van der Waals surface area contributed by atoms with Crippen LogP contribution in [0.3, 0.4) is 0 Å². The van der Waals surface area contributed by atoms with Gasteiger partial charge >= 0.3 is 12.2 Å². The maximum atomic E-state index is 14.0. The number of nitrogens with one attached hydrogen (secondary N) is 2. The van der Waals surface area contributed by atoms with Gasteiger partial charge in [-0.15, -0.1) is 0 Å². The van der Waals surface area contributed by atoms with Crippen LogP contribution in [0.2, 0.25) is 5.02 Å². The predicted octanol–water partition coefficient (Wildman–Crippen LogP) is 3.57.